The molecule has 0 spiro atoms. The summed E-state index contributed by atoms with van der Waals surface area (Å²) in [7, 11) is 0. The van der Waals surface area contributed by atoms with Crippen LogP contribution in [0.25, 0.3) is 21.8 Å². The van der Waals surface area contributed by atoms with Crippen LogP contribution in [-0.4, -0.2) is 4.98 Å². The molecular formula is C17H13ClFNS. The van der Waals surface area contributed by atoms with Gasteiger partial charge in [0.05, 0.1) is 11.6 Å². The second-order valence-electron chi connectivity index (χ2n) is 4.75. The van der Waals surface area contributed by atoms with Crippen LogP contribution in [0.4, 0.5) is 4.39 Å². The third kappa shape index (κ3) is 2.85. The fraction of sp³-hybridized carbons (Fsp3) is 0.118. The lowest BCUT2D eigenvalue weighted by Crippen LogP contribution is -1.85. The minimum Gasteiger partial charge on any atom is -0.236 e. The quantitative estimate of drug-likeness (QED) is 0.568. The summed E-state index contributed by atoms with van der Waals surface area (Å²) in [4.78, 5) is 5.73. The van der Waals surface area contributed by atoms with E-state index in [0.717, 1.165) is 26.7 Å². The first-order valence-electron chi connectivity index (χ1n) is 6.56. The van der Waals surface area contributed by atoms with Gasteiger partial charge < -0.3 is 0 Å². The Morgan fingerprint density at radius 1 is 1.10 bits per heavy atom. The van der Waals surface area contributed by atoms with Crippen LogP contribution in [0.15, 0.2) is 48.5 Å². The van der Waals surface area contributed by atoms with Crippen LogP contribution in [0, 0.1) is 12.7 Å². The van der Waals surface area contributed by atoms with Crippen LogP contribution in [-0.2, 0) is 5.88 Å². The van der Waals surface area contributed by atoms with Crippen molar-refractivity contribution in [3.8, 4) is 21.8 Å². The van der Waals surface area contributed by atoms with Gasteiger partial charge in [0.15, 0.2) is 0 Å². The minimum atomic E-state index is -0.250. The molecule has 0 fully saturated rings. The van der Waals surface area contributed by atoms with E-state index >= 15 is 0 Å². The van der Waals surface area contributed by atoms with Crippen molar-refractivity contribution in [2.24, 2.45) is 0 Å². The lowest BCUT2D eigenvalue weighted by Gasteiger charge is -2.00. The van der Waals surface area contributed by atoms with Crippen molar-refractivity contribution in [3.63, 3.8) is 0 Å². The van der Waals surface area contributed by atoms with Gasteiger partial charge in [0.1, 0.15) is 10.8 Å². The highest BCUT2D eigenvalue weighted by atomic mass is 35.5. The van der Waals surface area contributed by atoms with Crippen molar-refractivity contribution in [2.75, 3.05) is 0 Å². The summed E-state index contributed by atoms with van der Waals surface area (Å²) in [5, 5.41) is 0.947. The molecule has 1 nitrogen and oxygen atoms in total. The Labute approximate surface area is 132 Å². The highest BCUT2D eigenvalue weighted by Gasteiger charge is 2.14. The topological polar surface area (TPSA) is 12.9 Å². The monoisotopic (exact) mass is 317 g/mol. The SMILES string of the molecule is Cc1ccccc1-c1nc(-c2ccc(F)cc2)c(CCl)s1. The Bertz CT molecular complexity index is 765. The fourth-order valence-corrected chi connectivity index (χ4v) is 3.52. The summed E-state index contributed by atoms with van der Waals surface area (Å²) in [6.45, 7) is 2.06. The number of halogens is 2. The molecule has 0 aliphatic heterocycles. The molecule has 1 aromatic heterocycles. The third-order valence-corrected chi connectivity index (χ3v) is 4.83. The molecule has 0 saturated carbocycles. The van der Waals surface area contributed by atoms with E-state index in [1.807, 2.05) is 12.1 Å². The normalized spacial score (nSPS) is 10.8. The van der Waals surface area contributed by atoms with E-state index in [9.17, 15) is 4.39 Å². The summed E-state index contributed by atoms with van der Waals surface area (Å²) < 4.78 is 13.1. The van der Waals surface area contributed by atoms with Crippen molar-refractivity contribution < 1.29 is 4.39 Å². The van der Waals surface area contributed by atoms with Gasteiger partial charge in [-0.25, -0.2) is 9.37 Å². The molecule has 4 heteroatoms. The van der Waals surface area contributed by atoms with Crippen molar-refractivity contribution in [2.45, 2.75) is 12.8 Å². The zero-order chi connectivity index (χ0) is 14.8. The Morgan fingerprint density at radius 2 is 1.81 bits per heavy atom. The molecular weight excluding hydrogens is 305 g/mol. The number of aryl methyl sites for hydroxylation is 1. The fourth-order valence-electron chi connectivity index (χ4n) is 2.20. The number of hydrogen-bond acceptors (Lipinski definition) is 2. The number of nitrogens with zero attached hydrogens (tertiary/aromatic N) is 1. The second-order valence-corrected chi connectivity index (χ2v) is 6.10. The average Bonchev–Trinajstić information content (AvgIpc) is 2.92. The highest BCUT2D eigenvalue weighted by molar-refractivity contribution is 7.15. The maximum atomic E-state index is 13.1. The molecule has 3 rings (SSSR count). The standard InChI is InChI=1S/C17H13ClFNS/c1-11-4-2-3-5-14(11)17-20-16(15(10-18)21-17)12-6-8-13(19)9-7-12/h2-9H,10H2,1H3. The second kappa shape index (κ2) is 5.96. The molecule has 0 atom stereocenters. The molecule has 0 aliphatic carbocycles. The number of hydrogen-bond donors (Lipinski definition) is 0. The summed E-state index contributed by atoms with van der Waals surface area (Å²) in [5.41, 5.74) is 4.02. The smallest absolute Gasteiger partial charge is 0.124 e. The molecule has 0 amide bonds. The Morgan fingerprint density at radius 3 is 2.48 bits per heavy atom. The molecule has 0 saturated heterocycles. The first-order valence-corrected chi connectivity index (χ1v) is 7.91. The van der Waals surface area contributed by atoms with E-state index in [1.54, 1.807) is 23.5 Å². The highest BCUT2D eigenvalue weighted by Crippen LogP contribution is 2.35. The Kier molecular flexibility index (Phi) is 4.04. The van der Waals surface area contributed by atoms with Crippen LogP contribution in [0.2, 0.25) is 0 Å². The number of aromatic nitrogens is 1. The number of alkyl halides is 1. The van der Waals surface area contributed by atoms with Gasteiger partial charge >= 0.3 is 0 Å². The molecule has 3 aromatic rings. The van der Waals surface area contributed by atoms with Gasteiger partial charge in [0, 0.05) is 16.0 Å². The van der Waals surface area contributed by atoms with Gasteiger partial charge in [0.2, 0.25) is 0 Å². The van der Waals surface area contributed by atoms with E-state index < -0.39 is 0 Å². The van der Waals surface area contributed by atoms with Crippen molar-refractivity contribution in [3.05, 3.63) is 64.8 Å². The van der Waals surface area contributed by atoms with E-state index in [1.165, 1.54) is 17.7 Å². The maximum Gasteiger partial charge on any atom is 0.124 e. The van der Waals surface area contributed by atoms with Gasteiger partial charge in [-0.05, 0) is 36.8 Å². The van der Waals surface area contributed by atoms with E-state index in [4.69, 9.17) is 16.6 Å². The zero-order valence-electron chi connectivity index (χ0n) is 11.4. The van der Waals surface area contributed by atoms with Gasteiger partial charge in [-0.2, -0.15) is 0 Å². The average molecular weight is 318 g/mol. The van der Waals surface area contributed by atoms with E-state index in [0.29, 0.717) is 5.88 Å². The summed E-state index contributed by atoms with van der Waals surface area (Å²) >= 11 is 7.64. The molecule has 0 bridgehead atoms. The maximum absolute atomic E-state index is 13.1. The minimum absolute atomic E-state index is 0.250. The number of thiazole rings is 1. The lowest BCUT2D eigenvalue weighted by atomic mass is 10.1. The molecule has 2 aromatic carbocycles. The number of rotatable bonds is 3. The van der Waals surface area contributed by atoms with E-state index in [2.05, 4.69) is 19.1 Å². The van der Waals surface area contributed by atoms with Crippen molar-refractivity contribution in [1.29, 1.82) is 0 Å². The summed E-state index contributed by atoms with van der Waals surface area (Å²) in [6.07, 6.45) is 0. The molecule has 0 aliphatic rings. The molecule has 0 radical (unpaired) electrons. The van der Waals surface area contributed by atoms with Gasteiger partial charge in [-0.15, -0.1) is 22.9 Å². The van der Waals surface area contributed by atoms with Crippen molar-refractivity contribution >= 4 is 22.9 Å². The van der Waals surface area contributed by atoms with Gasteiger partial charge in [0.25, 0.3) is 0 Å². The van der Waals surface area contributed by atoms with Crippen LogP contribution >= 0.6 is 22.9 Å². The van der Waals surface area contributed by atoms with E-state index in [-0.39, 0.29) is 5.82 Å². The molecule has 21 heavy (non-hydrogen) atoms. The first-order chi connectivity index (χ1) is 10.2. The van der Waals surface area contributed by atoms with Crippen LogP contribution in [0.1, 0.15) is 10.4 Å². The van der Waals surface area contributed by atoms with Crippen molar-refractivity contribution in [1.82, 2.24) is 4.98 Å². The van der Waals surface area contributed by atoms with Crippen LogP contribution < -0.4 is 0 Å². The summed E-state index contributed by atoms with van der Waals surface area (Å²) in [5.74, 6) is 0.150. The molecule has 1 heterocycles. The third-order valence-electron chi connectivity index (χ3n) is 3.31. The lowest BCUT2D eigenvalue weighted by molar-refractivity contribution is 0.628. The zero-order valence-corrected chi connectivity index (χ0v) is 13.0. The Hall–Kier alpha value is -1.71. The largest absolute Gasteiger partial charge is 0.236 e. The number of benzene rings is 2. The van der Waals surface area contributed by atoms with Gasteiger partial charge in [-0.1, -0.05) is 24.3 Å². The van der Waals surface area contributed by atoms with Crippen LogP contribution in [0.5, 0.6) is 0 Å². The predicted molar refractivity (Wildman–Crippen MR) is 87.2 cm³/mol. The van der Waals surface area contributed by atoms with Crippen LogP contribution in [0.3, 0.4) is 0 Å². The predicted octanol–water partition coefficient (Wildman–Crippen LogP) is 5.66. The first kappa shape index (κ1) is 14.2. The van der Waals surface area contributed by atoms with Gasteiger partial charge in [-0.3, -0.25) is 0 Å². The molecule has 0 unspecified atom stereocenters. The molecule has 106 valence electrons. The molecule has 0 N–H and O–H groups in total. The summed E-state index contributed by atoms with van der Waals surface area (Å²) in [6, 6.07) is 14.5. The Balaban J connectivity index is 2.11.